The molecule has 3 fully saturated rings. The first-order valence-electron chi connectivity index (χ1n) is 10.7. The van der Waals surface area contributed by atoms with Crippen LogP contribution in [-0.2, 0) is 4.74 Å². The topological polar surface area (TPSA) is 108 Å². The summed E-state index contributed by atoms with van der Waals surface area (Å²) in [5.41, 5.74) is 1.74. The smallest absolute Gasteiger partial charge is 0.496 e. The molecule has 0 saturated heterocycles. The summed E-state index contributed by atoms with van der Waals surface area (Å²) in [6.07, 6.45) is -1.89. The van der Waals surface area contributed by atoms with E-state index >= 15 is 0 Å². The van der Waals surface area contributed by atoms with Crippen molar-refractivity contribution in [3.63, 3.8) is 0 Å². The summed E-state index contributed by atoms with van der Waals surface area (Å²) in [6.45, 7) is 0. The number of alkyl halides is 2. The Bertz CT molecular complexity index is 1390. The van der Waals surface area contributed by atoms with Gasteiger partial charge in [0.15, 0.2) is 11.5 Å². The van der Waals surface area contributed by atoms with Crippen molar-refractivity contribution in [1.82, 2.24) is 10.3 Å². The maximum atomic E-state index is 13.7. The largest absolute Gasteiger partial charge is 0.586 e. The van der Waals surface area contributed by atoms with E-state index in [1.807, 2.05) is 0 Å². The van der Waals surface area contributed by atoms with Gasteiger partial charge in [-0.15, -0.1) is 20.1 Å². The first-order chi connectivity index (χ1) is 16.7. The zero-order valence-electron chi connectivity index (χ0n) is 18.6. The number of nitrogens with zero attached hydrogens (tertiary/aromatic N) is 1. The molecule has 1 aromatic heterocycles. The van der Waals surface area contributed by atoms with Crippen LogP contribution in [0.4, 0.5) is 14.5 Å². The Morgan fingerprint density at radius 2 is 1.80 bits per heavy atom. The van der Waals surface area contributed by atoms with E-state index in [0.29, 0.717) is 35.2 Å². The molecule has 3 aromatic rings. The van der Waals surface area contributed by atoms with Crippen LogP contribution < -0.4 is 24.8 Å². The van der Waals surface area contributed by atoms with E-state index in [4.69, 9.17) is 9.47 Å². The normalized spacial score (nSPS) is 24.9. The van der Waals surface area contributed by atoms with E-state index in [2.05, 4.69) is 25.1 Å². The molecule has 1 aliphatic heterocycles. The fraction of sp³-hybridized carbons (Fsp3) is 0.348. The molecule has 0 unspecified atom stereocenters. The second kappa shape index (κ2) is 7.25. The molecule has 2 N–H and O–H groups in total. The molecule has 7 rings (SSSR count). The number of halogens is 2. The van der Waals surface area contributed by atoms with Crippen LogP contribution in [0.5, 0.6) is 17.2 Å². The molecule has 0 atom stereocenters. The number of hydrogen-bond donors (Lipinski definition) is 2. The average Bonchev–Trinajstić information content (AvgIpc) is 3.35. The van der Waals surface area contributed by atoms with E-state index in [1.165, 1.54) is 18.4 Å². The molecule has 3 saturated carbocycles. The third-order valence-corrected chi connectivity index (χ3v) is 7.60. The Morgan fingerprint density at radius 3 is 2.49 bits per heavy atom. The van der Waals surface area contributed by atoms with Crippen LogP contribution >= 0.6 is 11.3 Å². The molecule has 2 bridgehead atoms. The van der Waals surface area contributed by atoms with Crippen molar-refractivity contribution < 1.29 is 37.3 Å². The first kappa shape index (κ1) is 22.0. The molecule has 2 heterocycles. The predicted octanol–water partition coefficient (Wildman–Crippen LogP) is 3.93. The second-order valence-electron chi connectivity index (χ2n) is 8.96. The quantitative estimate of drug-likeness (QED) is 0.525. The number of carbonyl (C=O) groups is 2. The van der Waals surface area contributed by atoms with Gasteiger partial charge in [0, 0.05) is 18.7 Å². The highest BCUT2D eigenvalue weighted by Gasteiger charge is 2.69. The standard InChI is InChI=1S/C23H19F2N3O6S/c1-31-14-4-3-12-18(35-10-26-12)17(14)20(30)27-13-6-16-15(33-23(24,25)34-16)5-11(13)19(29)28-21-7-22(8-21,9-21)32-2/h3-6,10H,7-9H2,1-2H3,(H,27,30)(H,28,29). The number of benzene rings is 2. The molecule has 4 aliphatic rings. The number of amides is 2. The number of ether oxygens (including phenoxy) is 4. The molecule has 0 spiro atoms. The molecule has 0 radical (unpaired) electrons. The van der Waals surface area contributed by atoms with Gasteiger partial charge in [-0.2, -0.15) is 0 Å². The van der Waals surface area contributed by atoms with Crippen molar-refractivity contribution in [2.75, 3.05) is 19.5 Å². The van der Waals surface area contributed by atoms with Crippen LogP contribution in [0.25, 0.3) is 10.2 Å². The van der Waals surface area contributed by atoms with Crippen LogP contribution in [0.2, 0.25) is 0 Å². The zero-order valence-corrected chi connectivity index (χ0v) is 19.4. The number of hydrogen-bond acceptors (Lipinski definition) is 8. The summed E-state index contributed by atoms with van der Waals surface area (Å²) in [5.74, 6) is -1.43. The Labute approximate surface area is 201 Å². The number of carbonyl (C=O) groups excluding carboxylic acids is 2. The summed E-state index contributed by atoms with van der Waals surface area (Å²) in [6, 6.07) is 5.63. The van der Waals surface area contributed by atoms with Crippen molar-refractivity contribution in [1.29, 1.82) is 0 Å². The highest BCUT2D eigenvalue weighted by atomic mass is 32.1. The SMILES string of the molecule is COc1ccc2ncsc2c1C(=O)Nc1cc2c(cc1C(=O)NC13CC(OC)(C1)C3)OC(F)(F)O2. The van der Waals surface area contributed by atoms with Gasteiger partial charge in [0.2, 0.25) is 0 Å². The van der Waals surface area contributed by atoms with Gasteiger partial charge in [-0.25, -0.2) is 4.98 Å². The number of anilines is 1. The second-order valence-corrected chi connectivity index (χ2v) is 9.82. The highest BCUT2D eigenvalue weighted by Crippen LogP contribution is 2.62. The summed E-state index contributed by atoms with van der Waals surface area (Å²) < 4.78 is 47.9. The molecule has 2 aromatic carbocycles. The first-order valence-corrected chi connectivity index (χ1v) is 11.6. The molecule has 9 nitrogen and oxygen atoms in total. The van der Waals surface area contributed by atoms with E-state index in [0.717, 1.165) is 12.1 Å². The third kappa shape index (κ3) is 3.39. The van der Waals surface area contributed by atoms with Gasteiger partial charge in [-0.1, -0.05) is 0 Å². The summed E-state index contributed by atoms with van der Waals surface area (Å²) >= 11 is 1.25. The molecular weight excluding hydrogens is 484 g/mol. The van der Waals surface area contributed by atoms with Crippen LogP contribution in [0.1, 0.15) is 40.0 Å². The maximum Gasteiger partial charge on any atom is 0.586 e. The fourth-order valence-electron chi connectivity index (χ4n) is 5.12. The number of thiazole rings is 1. The number of fused-ring (bicyclic) bond motifs is 2. The monoisotopic (exact) mass is 503 g/mol. The molecule has 35 heavy (non-hydrogen) atoms. The molecule has 182 valence electrons. The van der Waals surface area contributed by atoms with Crippen molar-refractivity contribution in [3.8, 4) is 17.2 Å². The van der Waals surface area contributed by atoms with Crippen LogP contribution in [0.3, 0.4) is 0 Å². The highest BCUT2D eigenvalue weighted by molar-refractivity contribution is 7.17. The van der Waals surface area contributed by atoms with E-state index < -0.39 is 23.6 Å². The van der Waals surface area contributed by atoms with Gasteiger partial charge in [-0.3, -0.25) is 9.59 Å². The lowest BCUT2D eigenvalue weighted by molar-refractivity contribution is -0.286. The average molecular weight is 503 g/mol. The number of rotatable bonds is 6. The Morgan fingerprint density at radius 1 is 1.09 bits per heavy atom. The number of methoxy groups -OCH3 is 2. The van der Waals surface area contributed by atoms with Gasteiger partial charge in [0.1, 0.15) is 11.3 Å². The van der Waals surface area contributed by atoms with Crippen molar-refractivity contribution >= 4 is 39.1 Å². The molecular formula is C23H19F2N3O6S. The van der Waals surface area contributed by atoms with Crippen LogP contribution in [0.15, 0.2) is 29.8 Å². The van der Waals surface area contributed by atoms with Crippen LogP contribution in [-0.4, -0.2) is 48.5 Å². The van der Waals surface area contributed by atoms with Gasteiger partial charge in [-0.05, 0) is 37.5 Å². The van der Waals surface area contributed by atoms with Crippen molar-refractivity contribution in [2.45, 2.75) is 36.7 Å². The van der Waals surface area contributed by atoms with Gasteiger partial charge < -0.3 is 29.6 Å². The van der Waals surface area contributed by atoms with E-state index in [1.54, 1.807) is 24.8 Å². The Hall–Kier alpha value is -3.51. The van der Waals surface area contributed by atoms with Gasteiger partial charge in [0.05, 0.1) is 39.7 Å². The number of aromatic nitrogens is 1. The summed E-state index contributed by atoms with van der Waals surface area (Å²) in [5, 5.41) is 5.63. The Kier molecular flexibility index (Phi) is 4.55. The number of nitrogens with one attached hydrogen (secondary N) is 2. The lowest BCUT2D eigenvalue weighted by Gasteiger charge is -2.69. The fourth-order valence-corrected chi connectivity index (χ4v) is 5.94. The summed E-state index contributed by atoms with van der Waals surface area (Å²) in [7, 11) is 3.06. The molecule has 12 heteroatoms. The lowest BCUT2D eigenvalue weighted by Crippen LogP contribution is -2.79. The Balaban J connectivity index is 1.35. The van der Waals surface area contributed by atoms with Gasteiger partial charge >= 0.3 is 6.29 Å². The minimum atomic E-state index is -3.88. The van der Waals surface area contributed by atoms with Crippen molar-refractivity contribution in [3.05, 3.63) is 40.9 Å². The lowest BCUT2D eigenvalue weighted by atomic mass is 9.46. The van der Waals surface area contributed by atoms with Gasteiger partial charge in [0.25, 0.3) is 11.8 Å². The molecule has 3 aliphatic carbocycles. The van der Waals surface area contributed by atoms with E-state index in [9.17, 15) is 18.4 Å². The predicted molar refractivity (Wildman–Crippen MR) is 121 cm³/mol. The minimum absolute atomic E-state index is 0.0100. The third-order valence-electron chi connectivity index (χ3n) is 6.74. The van der Waals surface area contributed by atoms with Crippen LogP contribution in [0, 0.1) is 0 Å². The van der Waals surface area contributed by atoms with E-state index in [-0.39, 0.29) is 33.9 Å². The zero-order chi connectivity index (χ0) is 24.6. The van der Waals surface area contributed by atoms with Crippen molar-refractivity contribution in [2.24, 2.45) is 0 Å². The minimum Gasteiger partial charge on any atom is -0.496 e. The summed E-state index contributed by atoms with van der Waals surface area (Å²) in [4.78, 5) is 30.8. The molecule has 2 amide bonds. The maximum absolute atomic E-state index is 13.7.